The number of para-hydroxylation sites is 3. The monoisotopic (exact) mass is 347 g/mol. The highest BCUT2D eigenvalue weighted by Crippen LogP contribution is 2.33. The van der Waals surface area contributed by atoms with Crippen molar-refractivity contribution in [3.63, 3.8) is 0 Å². The maximum atomic E-state index is 13.2. The third-order valence-electron chi connectivity index (χ3n) is 5.01. The largest absolute Gasteiger partial charge is 0.308 e. The smallest absolute Gasteiger partial charge is 0.195 e. The fourth-order valence-corrected chi connectivity index (χ4v) is 3.79. The van der Waals surface area contributed by atoms with Gasteiger partial charge in [-0.25, -0.2) is 0 Å². The number of ketones is 1. The summed E-state index contributed by atoms with van der Waals surface area (Å²) in [5.41, 5.74) is 4.52. The lowest BCUT2D eigenvalue weighted by Crippen LogP contribution is -2.07. The van der Waals surface area contributed by atoms with E-state index in [1.807, 2.05) is 66.7 Å². The molecule has 0 atom stereocenters. The third kappa shape index (κ3) is 2.46. The molecule has 0 aliphatic heterocycles. The minimum absolute atomic E-state index is 0.0352. The molecule has 0 aliphatic carbocycles. The molecule has 0 fully saturated rings. The summed E-state index contributed by atoms with van der Waals surface area (Å²) in [7, 11) is 0. The number of hydrogen-bond acceptors (Lipinski definition) is 1. The SMILES string of the molecule is O=C(c1ccccc1)c1ccccc1-n1c2ccccc2c2ccccc21. The zero-order chi connectivity index (χ0) is 18.2. The van der Waals surface area contributed by atoms with Crippen molar-refractivity contribution in [3.05, 3.63) is 114 Å². The summed E-state index contributed by atoms with van der Waals surface area (Å²) >= 11 is 0. The van der Waals surface area contributed by atoms with Gasteiger partial charge in [0.2, 0.25) is 0 Å². The van der Waals surface area contributed by atoms with Crippen molar-refractivity contribution in [2.45, 2.75) is 0 Å². The van der Waals surface area contributed by atoms with Gasteiger partial charge in [-0.05, 0) is 24.3 Å². The van der Waals surface area contributed by atoms with Crippen LogP contribution in [-0.2, 0) is 0 Å². The Morgan fingerprint density at radius 1 is 0.556 bits per heavy atom. The van der Waals surface area contributed by atoms with Crippen LogP contribution in [0.2, 0.25) is 0 Å². The zero-order valence-electron chi connectivity index (χ0n) is 14.7. The van der Waals surface area contributed by atoms with E-state index in [4.69, 9.17) is 0 Å². The van der Waals surface area contributed by atoms with Crippen LogP contribution in [0.3, 0.4) is 0 Å². The number of nitrogens with zero attached hydrogens (tertiary/aromatic N) is 1. The van der Waals surface area contributed by atoms with Crippen molar-refractivity contribution in [2.75, 3.05) is 0 Å². The first-order valence-corrected chi connectivity index (χ1v) is 9.02. The van der Waals surface area contributed by atoms with Crippen LogP contribution in [0, 0.1) is 0 Å². The van der Waals surface area contributed by atoms with Crippen LogP contribution >= 0.6 is 0 Å². The van der Waals surface area contributed by atoms with Gasteiger partial charge >= 0.3 is 0 Å². The summed E-state index contributed by atoms with van der Waals surface area (Å²) in [5.74, 6) is 0.0352. The van der Waals surface area contributed by atoms with Gasteiger partial charge in [0.1, 0.15) is 0 Å². The molecular weight excluding hydrogens is 330 g/mol. The van der Waals surface area contributed by atoms with Crippen LogP contribution in [0.4, 0.5) is 0 Å². The molecule has 2 nitrogen and oxygen atoms in total. The molecule has 0 saturated carbocycles. The van der Waals surface area contributed by atoms with Crippen LogP contribution in [0.15, 0.2) is 103 Å². The first kappa shape index (κ1) is 15.6. The zero-order valence-corrected chi connectivity index (χ0v) is 14.7. The number of carbonyl (C=O) groups excluding carboxylic acids is 1. The molecule has 5 aromatic rings. The molecular formula is C25H17NO. The molecule has 5 rings (SSSR count). The molecule has 0 bridgehead atoms. The first-order valence-electron chi connectivity index (χ1n) is 9.02. The third-order valence-corrected chi connectivity index (χ3v) is 5.01. The van der Waals surface area contributed by atoms with Crippen LogP contribution < -0.4 is 0 Å². The Bertz CT molecular complexity index is 1230. The predicted octanol–water partition coefficient (Wildman–Crippen LogP) is 6.01. The summed E-state index contributed by atoms with van der Waals surface area (Å²) in [5, 5.41) is 2.38. The molecule has 0 saturated heterocycles. The Balaban J connectivity index is 1.83. The second-order valence-corrected chi connectivity index (χ2v) is 6.58. The van der Waals surface area contributed by atoms with E-state index in [1.54, 1.807) is 0 Å². The van der Waals surface area contributed by atoms with Gasteiger partial charge in [0.25, 0.3) is 0 Å². The molecule has 0 aliphatic rings. The van der Waals surface area contributed by atoms with Gasteiger partial charge in [0.15, 0.2) is 5.78 Å². The molecule has 128 valence electrons. The van der Waals surface area contributed by atoms with Crippen LogP contribution in [0.1, 0.15) is 15.9 Å². The second-order valence-electron chi connectivity index (χ2n) is 6.58. The highest BCUT2D eigenvalue weighted by Gasteiger charge is 2.18. The van der Waals surface area contributed by atoms with E-state index in [-0.39, 0.29) is 5.78 Å². The molecule has 1 heterocycles. The second kappa shape index (κ2) is 6.26. The normalized spacial score (nSPS) is 11.1. The van der Waals surface area contributed by atoms with E-state index in [9.17, 15) is 4.79 Å². The molecule has 2 heteroatoms. The first-order chi connectivity index (χ1) is 13.3. The minimum Gasteiger partial charge on any atom is -0.308 e. The van der Waals surface area contributed by atoms with E-state index in [0.29, 0.717) is 11.1 Å². The summed E-state index contributed by atoms with van der Waals surface area (Å²) < 4.78 is 2.20. The van der Waals surface area contributed by atoms with Crippen molar-refractivity contribution in [3.8, 4) is 5.69 Å². The Morgan fingerprint density at radius 2 is 1.07 bits per heavy atom. The lowest BCUT2D eigenvalue weighted by molar-refractivity contribution is 0.103. The van der Waals surface area contributed by atoms with Crippen molar-refractivity contribution < 1.29 is 4.79 Å². The Labute approximate surface area is 157 Å². The minimum atomic E-state index is 0.0352. The Hall–Kier alpha value is -3.65. The Kier molecular flexibility index (Phi) is 3.61. The molecule has 1 aromatic heterocycles. The highest BCUT2D eigenvalue weighted by atomic mass is 16.1. The van der Waals surface area contributed by atoms with E-state index in [0.717, 1.165) is 16.7 Å². The molecule has 0 N–H and O–H groups in total. The van der Waals surface area contributed by atoms with Crippen molar-refractivity contribution in [1.82, 2.24) is 4.57 Å². The molecule has 0 unspecified atom stereocenters. The van der Waals surface area contributed by atoms with Crippen molar-refractivity contribution in [1.29, 1.82) is 0 Å². The predicted molar refractivity (Wildman–Crippen MR) is 111 cm³/mol. The summed E-state index contributed by atoms with van der Waals surface area (Å²) in [6.45, 7) is 0. The molecule has 0 spiro atoms. The van der Waals surface area contributed by atoms with Crippen LogP contribution in [-0.4, -0.2) is 10.4 Å². The van der Waals surface area contributed by atoms with Crippen molar-refractivity contribution >= 4 is 27.6 Å². The standard InChI is InChI=1S/C25H17NO/c27-25(18-10-2-1-3-11-18)21-14-6-9-17-24(21)26-22-15-7-4-12-19(22)20-13-5-8-16-23(20)26/h1-17H. The fraction of sp³-hybridized carbons (Fsp3) is 0. The average Bonchev–Trinajstić information content (AvgIpc) is 3.08. The maximum Gasteiger partial charge on any atom is 0.195 e. The lowest BCUT2D eigenvalue weighted by Gasteiger charge is -2.13. The highest BCUT2D eigenvalue weighted by molar-refractivity contribution is 6.14. The summed E-state index contributed by atoms with van der Waals surface area (Å²) in [4.78, 5) is 13.2. The van der Waals surface area contributed by atoms with Gasteiger partial charge in [-0.2, -0.15) is 0 Å². The molecule has 4 aromatic carbocycles. The van der Waals surface area contributed by atoms with E-state index >= 15 is 0 Å². The van der Waals surface area contributed by atoms with E-state index in [1.165, 1.54) is 10.8 Å². The van der Waals surface area contributed by atoms with Crippen LogP contribution in [0.25, 0.3) is 27.5 Å². The topological polar surface area (TPSA) is 22.0 Å². The summed E-state index contributed by atoms with van der Waals surface area (Å²) in [6.07, 6.45) is 0. The number of carbonyl (C=O) groups is 1. The molecule has 0 radical (unpaired) electrons. The number of fused-ring (bicyclic) bond motifs is 3. The molecule has 0 amide bonds. The van der Waals surface area contributed by atoms with Gasteiger partial charge in [-0.3, -0.25) is 4.79 Å². The quantitative estimate of drug-likeness (QED) is 0.366. The van der Waals surface area contributed by atoms with Gasteiger partial charge in [0, 0.05) is 21.9 Å². The van der Waals surface area contributed by atoms with Gasteiger partial charge in [-0.1, -0.05) is 78.9 Å². The van der Waals surface area contributed by atoms with Gasteiger partial charge in [-0.15, -0.1) is 0 Å². The van der Waals surface area contributed by atoms with Crippen LogP contribution in [0.5, 0.6) is 0 Å². The van der Waals surface area contributed by atoms with Gasteiger partial charge in [0.05, 0.1) is 16.7 Å². The number of aromatic nitrogens is 1. The van der Waals surface area contributed by atoms with Gasteiger partial charge < -0.3 is 4.57 Å². The maximum absolute atomic E-state index is 13.2. The van der Waals surface area contributed by atoms with E-state index < -0.39 is 0 Å². The number of benzene rings is 4. The average molecular weight is 347 g/mol. The van der Waals surface area contributed by atoms with Crippen molar-refractivity contribution in [2.24, 2.45) is 0 Å². The number of rotatable bonds is 3. The summed E-state index contributed by atoms with van der Waals surface area (Å²) in [6, 6.07) is 34.0. The number of hydrogen-bond donors (Lipinski definition) is 0. The fourth-order valence-electron chi connectivity index (χ4n) is 3.79. The lowest BCUT2D eigenvalue weighted by atomic mass is 10.0. The Morgan fingerprint density at radius 3 is 1.74 bits per heavy atom. The molecule has 27 heavy (non-hydrogen) atoms. The van der Waals surface area contributed by atoms with E-state index in [2.05, 4.69) is 41.0 Å².